The molecule has 2 N–H and O–H groups in total. The summed E-state index contributed by atoms with van der Waals surface area (Å²) < 4.78 is 5.39. The number of aromatic nitrogens is 1. The number of thiophene rings is 1. The predicted molar refractivity (Wildman–Crippen MR) is 104 cm³/mol. The quantitative estimate of drug-likeness (QED) is 0.547. The fourth-order valence-electron chi connectivity index (χ4n) is 3.01. The number of nitrogens with zero attached hydrogens (tertiary/aromatic N) is 1. The molecule has 5 heteroatoms. The number of amides is 1. The maximum atomic E-state index is 11.7. The maximum Gasteiger partial charge on any atom is 0.249 e. The van der Waals surface area contributed by atoms with Gasteiger partial charge in [0.15, 0.2) is 12.2 Å². The lowest BCUT2D eigenvalue weighted by atomic mass is 9.97. The Balaban J connectivity index is 1.70. The molecular weight excluding hydrogens is 344 g/mol. The second-order valence-corrected chi connectivity index (χ2v) is 7.19. The number of oxazole rings is 1. The summed E-state index contributed by atoms with van der Waals surface area (Å²) in [6, 6.07) is 17.7. The molecular formula is C21H16N2O2S. The van der Waals surface area contributed by atoms with Gasteiger partial charge in [-0.15, -0.1) is 11.3 Å². The molecule has 0 aliphatic heterocycles. The Kier molecular flexibility index (Phi) is 4.14. The van der Waals surface area contributed by atoms with Crippen LogP contribution < -0.4 is 5.73 Å². The third-order valence-corrected chi connectivity index (χ3v) is 5.36. The largest absolute Gasteiger partial charge is 0.443 e. The Labute approximate surface area is 154 Å². The molecule has 0 saturated heterocycles. The SMILES string of the molecule is Cc1sc(-c2cnco2)cc1-c1ccc(-c2ccccc2C(N)=O)cc1. The van der Waals surface area contributed by atoms with Crippen LogP contribution in [-0.4, -0.2) is 10.9 Å². The van der Waals surface area contributed by atoms with Crippen LogP contribution in [-0.2, 0) is 0 Å². The zero-order valence-corrected chi connectivity index (χ0v) is 14.9. The van der Waals surface area contributed by atoms with Gasteiger partial charge in [-0.3, -0.25) is 4.79 Å². The van der Waals surface area contributed by atoms with Crippen LogP contribution in [0.4, 0.5) is 0 Å². The Morgan fingerprint density at radius 3 is 2.38 bits per heavy atom. The summed E-state index contributed by atoms with van der Waals surface area (Å²) in [5.41, 5.74) is 10.1. The van der Waals surface area contributed by atoms with E-state index in [0.29, 0.717) is 5.56 Å². The van der Waals surface area contributed by atoms with E-state index in [-0.39, 0.29) is 0 Å². The fourth-order valence-corrected chi connectivity index (χ4v) is 4.00. The van der Waals surface area contributed by atoms with Gasteiger partial charge in [-0.2, -0.15) is 0 Å². The van der Waals surface area contributed by atoms with E-state index in [4.69, 9.17) is 10.2 Å². The van der Waals surface area contributed by atoms with Crippen molar-refractivity contribution in [1.82, 2.24) is 4.98 Å². The summed E-state index contributed by atoms with van der Waals surface area (Å²) in [5.74, 6) is 0.353. The minimum Gasteiger partial charge on any atom is -0.443 e. The topological polar surface area (TPSA) is 69.1 Å². The normalized spacial score (nSPS) is 10.8. The van der Waals surface area contributed by atoms with Crippen molar-refractivity contribution < 1.29 is 9.21 Å². The molecule has 0 aliphatic rings. The molecule has 0 bridgehead atoms. The van der Waals surface area contributed by atoms with Crippen LogP contribution in [0.3, 0.4) is 0 Å². The second-order valence-electron chi connectivity index (χ2n) is 5.93. The minimum atomic E-state index is -0.421. The average molecular weight is 360 g/mol. The summed E-state index contributed by atoms with van der Waals surface area (Å²) in [5, 5.41) is 0. The first-order valence-electron chi connectivity index (χ1n) is 8.12. The molecule has 0 saturated carbocycles. The number of carbonyl (C=O) groups is 1. The van der Waals surface area contributed by atoms with E-state index in [1.165, 1.54) is 11.3 Å². The molecule has 2 heterocycles. The van der Waals surface area contributed by atoms with Crippen LogP contribution in [0, 0.1) is 6.92 Å². The number of nitrogens with two attached hydrogens (primary N) is 1. The third kappa shape index (κ3) is 2.93. The van der Waals surface area contributed by atoms with Gasteiger partial charge in [0, 0.05) is 10.4 Å². The lowest BCUT2D eigenvalue weighted by molar-refractivity contribution is 0.100. The molecule has 4 aromatic rings. The van der Waals surface area contributed by atoms with Crippen LogP contribution >= 0.6 is 11.3 Å². The van der Waals surface area contributed by atoms with Crippen LogP contribution in [0.2, 0.25) is 0 Å². The molecule has 2 aromatic heterocycles. The first-order chi connectivity index (χ1) is 12.6. The van der Waals surface area contributed by atoms with Gasteiger partial charge < -0.3 is 10.2 Å². The summed E-state index contributed by atoms with van der Waals surface area (Å²) in [6.45, 7) is 2.09. The van der Waals surface area contributed by atoms with Crippen LogP contribution in [0.5, 0.6) is 0 Å². The highest BCUT2D eigenvalue weighted by atomic mass is 32.1. The van der Waals surface area contributed by atoms with Gasteiger partial charge in [-0.05, 0) is 41.3 Å². The van der Waals surface area contributed by atoms with Crippen molar-refractivity contribution >= 4 is 17.2 Å². The Morgan fingerprint density at radius 1 is 1.04 bits per heavy atom. The Bertz CT molecular complexity index is 1060. The standard InChI is InChI=1S/C21H16N2O2S/c1-13-18(10-20(26-13)19-11-23-12-25-19)15-8-6-14(7-9-15)16-4-2-3-5-17(16)21(22)24/h2-12H,1H3,(H2,22,24). The Morgan fingerprint density at radius 2 is 1.73 bits per heavy atom. The summed E-state index contributed by atoms with van der Waals surface area (Å²) in [7, 11) is 0. The van der Waals surface area contributed by atoms with Crippen molar-refractivity contribution in [3.05, 3.63) is 77.6 Å². The zero-order valence-electron chi connectivity index (χ0n) is 14.1. The first kappa shape index (κ1) is 16.3. The average Bonchev–Trinajstić information content (AvgIpc) is 3.31. The predicted octanol–water partition coefficient (Wildman–Crippen LogP) is 5.14. The molecule has 4 nitrogen and oxygen atoms in total. The minimum absolute atomic E-state index is 0.421. The number of hydrogen-bond acceptors (Lipinski definition) is 4. The number of hydrogen-bond donors (Lipinski definition) is 1. The van der Waals surface area contributed by atoms with E-state index in [1.54, 1.807) is 23.6 Å². The molecule has 2 aromatic carbocycles. The van der Waals surface area contributed by atoms with Crippen LogP contribution in [0.15, 0.2) is 71.6 Å². The van der Waals surface area contributed by atoms with E-state index in [1.807, 2.05) is 30.3 Å². The number of aryl methyl sites for hydroxylation is 1. The molecule has 0 unspecified atom stereocenters. The van der Waals surface area contributed by atoms with E-state index in [0.717, 1.165) is 32.9 Å². The molecule has 0 aliphatic carbocycles. The van der Waals surface area contributed by atoms with Crippen molar-refractivity contribution in [3.63, 3.8) is 0 Å². The van der Waals surface area contributed by atoms with E-state index in [9.17, 15) is 4.79 Å². The number of primary amides is 1. The van der Waals surface area contributed by atoms with Gasteiger partial charge in [0.1, 0.15) is 0 Å². The molecule has 0 fully saturated rings. The molecule has 128 valence electrons. The highest BCUT2D eigenvalue weighted by Crippen LogP contribution is 2.37. The summed E-state index contributed by atoms with van der Waals surface area (Å²) >= 11 is 1.68. The lowest BCUT2D eigenvalue weighted by Crippen LogP contribution is -2.12. The van der Waals surface area contributed by atoms with Crippen LogP contribution in [0.1, 0.15) is 15.2 Å². The third-order valence-electron chi connectivity index (χ3n) is 4.29. The zero-order chi connectivity index (χ0) is 18.1. The molecule has 26 heavy (non-hydrogen) atoms. The van der Waals surface area contributed by atoms with Gasteiger partial charge >= 0.3 is 0 Å². The fraction of sp³-hybridized carbons (Fsp3) is 0.0476. The molecule has 0 atom stereocenters. The van der Waals surface area contributed by atoms with Gasteiger partial charge in [0.05, 0.1) is 11.1 Å². The number of carbonyl (C=O) groups excluding carboxylic acids is 1. The van der Waals surface area contributed by atoms with Gasteiger partial charge in [0.2, 0.25) is 5.91 Å². The maximum absolute atomic E-state index is 11.7. The van der Waals surface area contributed by atoms with Crippen molar-refractivity contribution in [3.8, 4) is 32.9 Å². The van der Waals surface area contributed by atoms with Gasteiger partial charge in [0.25, 0.3) is 0 Å². The highest BCUT2D eigenvalue weighted by Gasteiger charge is 2.13. The number of rotatable bonds is 4. The summed E-state index contributed by atoms with van der Waals surface area (Å²) in [4.78, 5) is 17.9. The molecule has 4 rings (SSSR count). The van der Waals surface area contributed by atoms with E-state index in [2.05, 4.69) is 30.1 Å². The summed E-state index contributed by atoms with van der Waals surface area (Å²) in [6.07, 6.45) is 3.16. The molecule has 0 spiro atoms. The first-order valence-corrected chi connectivity index (χ1v) is 8.94. The van der Waals surface area contributed by atoms with E-state index >= 15 is 0 Å². The molecule has 0 radical (unpaired) electrons. The number of benzene rings is 2. The van der Waals surface area contributed by atoms with Crippen LogP contribution in [0.25, 0.3) is 32.9 Å². The lowest BCUT2D eigenvalue weighted by Gasteiger charge is -2.08. The monoisotopic (exact) mass is 360 g/mol. The Hall–Kier alpha value is -3.18. The van der Waals surface area contributed by atoms with Crippen molar-refractivity contribution in [2.24, 2.45) is 5.73 Å². The van der Waals surface area contributed by atoms with Gasteiger partial charge in [-0.25, -0.2) is 4.98 Å². The highest BCUT2D eigenvalue weighted by molar-refractivity contribution is 7.15. The molecule has 1 amide bonds. The van der Waals surface area contributed by atoms with Crippen molar-refractivity contribution in [2.45, 2.75) is 6.92 Å². The van der Waals surface area contributed by atoms with Crippen molar-refractivity contribution in [2.75, 3.05) is 0 Å². The smallest absolute Gasteiger partial charge is 0.249 e. The van der Waals surface area contributed by atoms with E-state index < -0.39 is 5.91 Å². The van der Waals surface area contributed by atoms with Crippen molar-refractivity contribution in [1.29, 1.82) is 0 Å². The second kappa shape index (κ2) is 6.61. The van der Waals surface area contributed by atoms with Gasteiger partial charge in [-0.1, -0.05) is 42.5 Å².